The molecule has 134 valence electrons. The van der Waals surface area contributed by atoms with Crippen molar-refractivity contribution in [2.45, 2.75) is 44.2 Å². The van der Waals surface area contributed by atoms with Gasteiger partial charge in [0.15, 0.2) is 0 Å². The summed E-state index contributed by atoms with van der Waals surface area (Å²) in [7, 11) is 0. The van der Waals surface area contributed by atoms with E-state index < -0.39 is 6.10 Å². The van der Waals surface area contributed by atoms with Crippen molar-refractivity contribution in [3.05, 3.63) is 24.2 Å². The number of aliphatic hydroxyl groups excluding tert-OH is 1. The van der Waals surface area contributed by atoms with Gasteiger partial charge in [-0.3, -0.25) is 9.69 Å². The highest BCUT2D eigenvalue weighted by Crippen LogP contribution is 2.26. The van der Waals surface area contributed by atoms with E-state index in [9.17, 15) is 9.90 Å². The van der Waals surface area contributed by atoms with E-state index in [1.807, 2.05) is 11.0 Å². The molecule has 0 spiro atoms. The van der Waals surface area contributed by atoms with Crippen LogP contribution < -0.4 is 0 Å². The van der Waals surface area contributed by atoms with Crippen molar-refractivity contribution in [3.63, 3.8) is 0 Å². The Labute approximate surface area is 143 Å². The molecule has 0 saturated carbocycles. The Bertz CT molecular complexity index is 499. The first-order chi connectivity index (χ1) is 11.7. The van der Waals surface area contributed by atoms with Crippen molar-refractivity contribution in [1.82, 2.24) is 9.80 Å². The lowest BCUT2D eigenvalue weighted by Crippen LogP contribution is -2.48. The molecule has 0 aliphatic carbocycles. The molecule has 2 atom stereocenters. The lowest BCUT2D eigenvalue weighted by molar-refractivity contribution is -0.137. The summed E-state index contributed by atoms with van der Waals surface area (Å²) < 4.78 is 10.6. The summed E-state index contributed by atoms with van der Waals surface area (Å²) in [5.74, 6) is 0.788. The molecule has 2 saturated heterocycles. The van der Waals surface area contributed by atoms with Crippen LogP contribution in [0.4, 0.5) is 0 Å². The Kier molecular flexibility index (Phi) is 6.29. The van der Waals surface area contributed by atoms with Crippen LogP contribution in [-0.4, -0.2) is 66.2 Å². The van der Waals surface area contributed by atoms with Crippen molar-refractivity contribution in [2.24, 2.45) is 0 Å². The number of rotatable bonds is 5. The molecule has 2 aliphatic heterocycles. The Morgan fingerprint density at radius 3 is 2.83 bits per heavy atom. The number of carbonyl (C=O) groups excluding carboxylic acids is 1. The highest BCUT2D eigenvalue weighted by Gasteiger charge is 2.28. The number of carbonyl (C=O) groups is 1. The van der Waals surface area contributed by atoms with E-state index in [0.29, 0.717) is 45.0 Å². The number of hydrogen-bond acceptors (Lipinski definition) is 5. The number of furan rings is 1. The molecule has 2 fully saturated rings. The molecule has 3 rings (SSSR count). The highest BCUT2D eigenvalue weighted by atomic mass is 16.5. The van der Waals surface area contributed by atoms with Gasteiger partial charge in [-0.25, -0.2) is 0 Å². The molecule has 0 aromatic carbocycles. The van der Waals surface area contributed by atoms with Crippen LogP contribution in [-0.2, 0) is 9.53 Å². The van der Waals surface area contributed by atoms with Gasteiger partial charge in [0.1, 0.15) is 11.9 Å². The lowest BCUT2D eigenvalue weighted by atomic mass is 10.0. The molecule has 0 radical (unpaired) electrons. The van der Waals surface area contributed by atoms with E-state index in [-0.39, 0.29) is 11.9 Å². The van der Waals surface area contributed by atoms with Gasteiger partial charge in [0, 0.05) is 19.1 Å². The quantitative estimate of drug-likeness (QED) is 0.888. The predicted octanol–water partition coefficient (Wildman–Crippen LogP) is 1.81. The Hall–Kier alpha value is -1.37. The fraction of sp³-hybridized carbons (Fsp3) is 0.722. The third-order valence-corrected chi connectivity index (χ3v) is 5.07. The SMILES string of the molecule is O=C(CN1CCCCC[C@@H]1C[C@H](O)c1ccco1)N1CCOCC1. The smallest absolute Gasteiger partial charge is 0.236 e. The van der Waals surface area contributed by atoms with E-state index in [4.69, 9.17) is 9.15 Å². The summed E-state index contributed by atoms with van der Waals surface area (Å²) in [5.41, 5.74) is 0. The minimum absolute atomic E-state index is 0.178. The van der Waals surface area contributed by atoms with Crippen molar-refractivity contribution in [1.29, 1.82) is 0 Å². The fourth-order valence-corrected chi connectivity index (χ4v) is 3.65. The number of amides is 1. The van der Waals surface area contributed by atoms with Crippen LogP contribution in [0, 0.1) is 0 Å². The molecule has 6 heteroatoms. The van der Waals surface area contributed by atoms with Gasteiger partial charge < -0.3 is 19.2 Å². The van der Waals surface area contributed by atoms with Gasteiger partial charge in [0.25, 0.3) is 0 Å². The molecule has 1 aromatic rings. The third kappa shape index (κ3) is 4.59. The molecule has 2 aliphatic rings. The Balaban J connectivity index is 1.60. The van der Waals surface area contributed by atoms with Gasteiger partial charge in [-0.1, -0.05) is 12.8 Å². The summed E-state index contributed by atoms with van der Waals surface area (Å²) in [6.45, 7) is 4.00. The van der Waals surface area contributed by atoms with Crippen LogP contribution in [0.15, 0.2) is 22.8 Å². The number of morpholine rings is 1. The normalized spacial score (nSPS) is 24.5. The summed E-state index contributed by atoms with van der Waals surface area (Å²) >= 11 is 0. The standard InChI is InChI=1S/C18H28N2O4/c21-16(17-6-4-10-24-17)13-15-5-2-1-3-7-20(15)14-18(22)19-8-11-23-12-9-19/h4,6,10,15-16,21H,1-3,5,7-9,11-14H2/t15-,16+/m1/s1. The van der Waals surface area contributed by atoms with Gasteiger partial charge in [0.05, 0.1) is 26.0 Å². The van der Waals surface area contributed by atoms with Gasteiger partial charge >= 0.3 is 0 Å². The maximum Gasteiger partial charge on any atom is 0.236 e. The molecule has 0 bridgehead atoms. The highest BCUT2D eigenvalue weighted by molar-refractivity contribution is 5.78. The first kappa shape index (κ1) is 17.5. The molecule has 24 heavy (non-hydrogen) atoms. The number of nitrogens with zero attached hydrogens (tertiary/aromatic N) is 2. The van der Waals surface area contributed by atoms with E-state index in [0.717, 1.165) is 25.8 Å². The van der Waals surface area contributed by atoms with Crippen LogP contribution in [0.25, 0.3) is 0 Å². The second-order valence-electron chi connectivity index (χ2n) is 6.73. The zero-order valence-corrected chi connectivity index (χ0v) is 14.2. The average molecular weight is 336 g/mol. The van der Waals surface area contributed by atoms with Crippen LogP contribution in [0.1, 0.15) is 44.0 Å². The summed E-state index contributed by atoms with van der Waals surface area (Å²) in [4.78, 5) is 16.7. The average Bonchev–Trinajstić information content (AvgIpc) is 3.07. The summed E-state index contributed by atoms with van der Waals surface area (Å²) in [6, 6.07) is 3.83. The van der Waals surface area contributed by atoms with Gasteiger partial charge in [0.2, 0.25) is 5.91 Å². The van der Waals surface area contributed by atoms with Crippen LogP contribution in [0.5, 0.6) is 0 Å². The van der Waals surface area contributed by atoms with Crippen molar-refractivity contribution in [2.75, 3.05) is 39.4 Å². The van der Waals surface area contributed by atoms with Gasteiger partial charge in [-0.05, 0) is 37.9 Å². The van der Waals surface area contributed by atoms with Crippen molar-refractivity contribution < 1.29 is 19.1 Å². The largest absolute Gasteiger partial charge is 0.467 e. The van der Waals surface area contributed by atoms with E-state index in [1.54, 1.807) is 12.3 Å². The van der Waals surface area contributed by atoms with Gasteiger partial charge in [-0.15, -0.1) is 0 Å². The van der Waals surface area contributed by atoms with E-state index in [1.165, 1.54) is 6.42 Å². The molecule has 6 nitrogen and oxygen atoms in total. The Morgan fingerprint density at radius 1 is 1.25 bits per heavy atom. The van der Waals surface area contributed by atoms with E-state index >= 15 is 0 Å². The molecular weight excluding hydrogens is 308 g/mol. The van der Waals surface area contributed by atoms with E-state index in [2.05, 4.69) is 4.90 Å². The second kappa shape index (κ2) is 8.65. The minimum atomic E-state index is -0.607. The minimum Gasteiger partial charge on any atom is -0.467 e. The molecular formula is C18H28N2O4. The maximum absolute atomic E-state index is 12.6. The monoisotopic (exact) mass is 336 g/mol. The number of aliphatic hydroxyl groups is 1. The molecule has 1 aromatic heterocycles. The second-order valence-corrected chi connectivity index (χ2v) is 6.73. The van der Waals surface area contributed by atoms with Crippen molar-refractivity contribution in [3.8, 4) is 0 Å². The summed E-state index contributed by atoms with van der Waals surface area (Å²) in [5, 5.41) is 10.4. The maximum atomic E-state index is 12.6. The number of likely N-dealkylation sites (tertiary alicyclic amines) is 1. The molecule has 1 N–H and O–H groups in total. The van der Waals surface area contributed by atoms with Gasteiger partial charge in [-0.2, -0.15) is 0 Å². The third-order valence-electron chi connectivity index (χ3n) is 5.07. The lowest BCUT2D eigenvalue weighted by Gasteiger charge is -2.34. The fourth-order valence-electron chi connectivity index (χ4n) is 3.65. The van der Waals surface area contributed by atoms with Crippen LogP contribution in [0.2, 0.25) is 0 Å². The van der Waals surface area contributed by atoms with Crippen LogP contribution >= 0.6 is 0 Å². The zero-order valence-electron chi connectivity index (χ0n) is 14.2. The zero-order chi connectivity index (χ0) is 16.8. The topological polar surface area (TPSA) is 66.2 Å². The first-order valence-corrected chi connectivity index (χ1v) is 9.05. The Morgan fingerprint density at radius 2 is 2.08 bits per heavy atom. The van der Waals surface area contributed by atoms with Crippen LogP contribution in [0.3, 0.4) is 0 Å². The molecule has 1 amide bonds. The number of ether oxygens (including phenoxy) is 1. The van der Waals surface area contributed by atoms with Crippen molar-refractivity contribution >= 4 is 5.91 Å². The first-order valence-electron chi connectivity index (χ1n) is 9.05. The number of hydrogen-bond donors (Lipinski definition) is 1. The molecule has 0 unspecified atom stereocenters. The molecule has 3 heterocycles. The summed E-state index contributed by atoms with van der Waals surface area (Å²) in [6.07, 6.45) is 6.07. The predicted molar refractivity (Wildman–Crippen MR) is 89.5 cm³/mol.